The molecular weight excluding hydrogens is 350 g/mol. The molecule has 0 aliphatic carbocycles. The van der Waals surface area contributed by atoms with Crippen molar-refractivity contribution in [2.75, 3.05) is 0 Å². The largest absolute Gasteiger partial charge is 0.417 e. The lowest BCUT2D eigenvalue weighted by atomic mass is 10.3. The van der Waals surface area contributed by atoms with E-state index in [-0.39, 0.29) is 0 Å². The molecule has 0 spiro atoms. The lowest BCUT2D eigenvalue weighted by Gasteiger charge is -2.07. The Kier molecular flexibility index (Phi) is 4.90. The van der Waals surface area contributed by atoms with Gasteiger partial charge in [0, 0.05) is 12.4 Å². The highest BCUT2D eigenvalue weighted by Crippen LogP contribution is 2.37. The van der Waals surface area contributed by atoms with E-state index in [0.717, 1.165) is 33.7 Å². The summed E-state index contributed by atoms with van der Waals surface area (Å²) >= 11 is 0. The molecule has 0 saturated carbocycles. The van der Waals surface area contributed by atoms with E-state index in [1.54, 1.807) is 0 Å². The highest BCUT2D eigenvalue weighted by atomic mass is 33.1. The van der Waals surface area contributed by atoms with Gasteiger partial charge in [-0.3, -0.25) is 0 Å². The fraction of sp³-hybridized carbons (Fsp3) is 0.167. The summed E-state index contributed by atoms with van der Waals surface area (Å²) in [7, 11) is 2.00. The molecule has 0 aromatic carbocycles. The van der Waals surface area contributed by atoms with E-state index in [9.17, 15) is 26.3 Å². The zero-order chi connectivity index (χ0) is 16.4. The van der Waals surface area contributed by atoms with Gasteiger partial charge in [-0.1, -0.05) is 0 Å². The van der Waals surface area contributed by atoms with Gasteiger partial charge in [-0.25, -0.2) is 9.97 Å². The SMILES string of the molecule is FC(F)(F)c1ccc(SSc2ccc(C(F)(F)F)cn2)nc1. The average Bonchev–Trinajstić information content (AvgIpc) is 2.44. The lowest BCUT2D eigenvalue weighted by Crippen LogP contribution is -2.05. The van der Waals surface area contributed by atoms with E-state index in [1.165, 1.54) is 12.1 Å². The fourth-order valence-corrected chi connectivity index (χ4v) is 2.99. The number of alkyl halides is 6. The highest BCUT2D eigenvalue weighted by Gasteiger charge is 2.31. The topological polar surface area (TPSA) is 25.8 Å². The minimum absolute atomic E-state index is 0.291. The maximum absolute atomic E-state index is 12.4. The summed E-state index contributed by atoms with van der Waals surface area (Å²) in [6.45, 7) is 0. The first-order valence-electron chi connectivity index (χ1n) is 5.57. The predicted octanol–water partition coefficient (Wildman–Crippen LogP) is 5.31. The van der Waals surface area contributed by atoms with Crippen molar-refractivity contribution in [3.63, 3.8) is 0 Å². The molecule has 0 saturated heterocycles. The molecule has 0 N–H and O–H groups in total. The standard InChI is InChI=1S/C12H6F6N2S2/c13-11(14,15)7-1-3-9(19-5-7)21-22-10-4-2-8(6-20-10)12(16,17)18/h1-6H. The summed E-state index contributed by atoms with van der Waals surface area (Å²) in [5.41, 5.74) is -1.73. The molecule has 2 heterocycles. The van der Waals surface area contributed by atoms with Crippen LogP contribution in [0.3, 0.4) is 0 Å². The summed E-state index contributed by atoms with van der Waals surface area (Å²) in [6.07, 6.45) is -7.53. The van der Waals surface area contributed by atoms with Crippen molar-refractivity contribution in [3.05, 3.63) is 47.8 Å². The van der Waals surface area contributed by atoms with Crippen LogP contribution in [0.4, 0.5) is 26.3 Å². The molecule has 2 aromatic heterocycles. The molecule has 0 amide bonds. The monoisotopic (exact) mass is 356 g/mol. The number of hydrogen-bond acceptors (Lipinski definition) is 4. The molecule has 0 atom stereocenters. The summed E-state index contributed by atoms with van der Waals surface area (Å²) in [4.78, 5) is 7.26. The minimum atomic E-state index is -4.46. The number of aromatic nitrogens is 2. The smallest absolute Gasteiger partial charge is 0.248 e. The van der Waals surface area contributed by atoms with Gasteiger partial charge in [0.05, 0.1) is 11.1 Å². The van der Waals surface area contributed by atoms with Gasteiger partial charge in [0.25, 0.3) is 0 Å². The second kappa shape index (κ2) is 6.37. The molecule has 2 aromatic rings. The van der Waals surface area contributed by atoms with E-state index in [4.69, 9.17) is 0 Å². The van der Waals surface area contributed by atoms with Crippen LogP contribution in [0.5, 0.6) is 0 Å². The number of hydrogen-bond donors (Lipinski definition) is 0. The normalized spacial score (nSPS) is 12.5. The van der Waals surface area contributed by atoms with Gasteiger partial charge in [-0.15, -0.1) is 0 Å². The molecule has 0 unspecified atom stereocenters. The Bertz CT molecular complexity index is 565. The first-order chi connectivity index (χ1) is 10.2. The summed E-state index contributed by atoms with van der Waals surface area (Å²) in [5, 5.41) is 0.583. The van der Waals surface area contributed by atoms with Crippen LogP contribution in [0.25, 0.3) is 0 Å². The number of halogens is 6. The van der Waals surface area contributed by atoms with Crippen LogP contribution in [-0.2, 0) is 12.4 Å². The van der Waals surface area contributed by atoms with Gasteiger partial charge >= 0.3 is 12.4 Å². The lowest BCUT2D eigenvalue weighted by molar-refractivity contribution is -0.138. The van der Waals surface area contributed by atoms with Crippen LogP contribution in [0, 0.1) is 0 Å². The van der Waals surface area contributed by atoms with Crippen molar-refractivity contribution in [2.24, 2.45) is 0 Å². The predicted molar refractivity (Wildman–Crippen MR) is 70.2 cm³/mol. The maximum Gasteiger partial charge on any atom is 0.417 e. The van der Waals surface area contributed by atoms with Gasteiger partial charge in [0.15, 0.2) is 0 Å². The molecule has 118 valence electrons. The quantitative estimate of drug-likeness (QED) is 0.550. The molecular formula is C12H6F6N2S2. The van der Waals surface area contributed by atoms with E-state index in [0.29, 0.717) is 22.4 Å². The second-order valence-electron chi connectivity index (χ2n) is 3.93. The molecule has 2 nitrogen and oxygen atoms in total. The van der Waals surface area contributed by atoms with E-state index >= 15 is 0 Å². The minimum Gasteiger partial charge on any atom is -0.248 e. The molecule has 10 heteroatoms. The Morgan fingerprint density at radius 1 is 0.636 bits per heavy atom. The zero-order valence-corrected chi connectivity index (χ0v) is 12.1. The van der Waals surface area contributed by atoms with Crippen molar-refractivity contribution in [1.29, 1.82) is 0 Å². The van der Waals surface area contributed by atoms with Crippen molar-refractivity contribution < 1.29 is 26.3 Å². The highest BCUT2D eigenvalue weighted by molar-refractivity contribution is 8.76. The van der Waals surface area contributed by atoms with Crippen LogP contribution in [0.1, 0.15) is 11.1 Å². The Morgan fingerprint density at radius 2 is 1.00 bits per heavy atom. The molecule has 0 bridgehead atoms. The Hall–Kier alpha value is -1.42. The van der Waals surface area contributed by atoms with Crippen LogP contribution in [0.15, 0.2) is 46.7 Å². The van der Waals surface area contributed by atoms with Crippen molar-refractivity contribution in [3.8, 4) is 0 Å². The summed E-state index contributed by atoms with van der Waals surface area (Å²) in [5.74, 6) is 0. The number of pyridine rings is 2. The summed E-state index contributed by atoms with van der Waals surface area (Å²) < 4.78 is 74.1. The number of rotatable bonds is 3. The van der Waals surface area contributed by atoms with Gasteiger partial charge in [0.2, 0.25) is 0 Å². The number of nitrogens with zero attached hydrogens (tertiary/aromatic N) is 2. The average molecular weight is 356 g/mol. The first kappa shape index (κ1) is 16.9. The van der Waals surface area contributed by atoms with Gasteiger partial charge < -0.3 is 0 Å². The molecule has 0 radical (unpaired) electrons. The Balaban J connectivity index is 1.98. The molecule has 0 aliphatic rings. The van der Waals surface area contributed by atoms with Crippen LogP contribution in [0.2, 0.25) is 0 Å². The molecule has 0 fully saturated rings. The molecule has 2 rings (SSSR count). The first-order valence-corrected chi connectivity index (χ1v) is 7.72. The van der Waals surface area contributed by atoms with E-state index in [2.05, 4.69) is 9.97 Å². The van der Waals surface area contributed by atoms with E-state index in [1.807, 2.05) is 0 Å². The molecule has 22 heavy (non-hydrogen) atoms. The van der Waals surface area contributed by atoms with Gasteiger partial charge in [-0.05, 0) is 45.9 Å². The zero-order valence-electron chi connectivity index (χ0n) is 10.4. The summed E-state index contributed by atoms with van der Waals surface area (Å²) in [6, 6.07) is 4.14. The maximum atomic E-state index is 12.4. The van der Waals surface area contributed by atoms with Crippen molar-refractivity contribution in [2.45, 2.75) is 22.4 Å². The Labute approximate surface area is 128 Å². The third kappa shape index (κ3) is 4.54. The van der Waals surface area contributed by atoms with E-state index < -0.39 is 23.5 Å². The van der Waals surface area contributed by atoms with Crippen LogP contribution < -0.4 is 0 Å². The second-order valence-corrected chi connectivity index (χ2v) is 6.10. The van der Waals surface area contributed by atoms with Crippen LogP contribution >= 0.6 is 21.6 Å². The van der Waals surface area contributed by atoms with Crippen LogP contribution in [-0.4, -0.2) is 9.97 Å². The van der Waals surface area contributed by atoms with Gasteiger partial charge in [0.1, 0.15) is 10.1 Å². The Morgan fingerprint density at radius 3 is 1.23 bits per heavy atom. The molecule has 0 aliphatic heterocycles. The van der Waals surface area contributed by atoms with Gasteiger partial charge in [-0.2, -0.15) is 26.3 Å². The van der Waals surface area contributed by atoms with Crippen molar-refractivity contribution >= 4 is 21.6 Å². The third-order valence-corrected chi connectivity index (χ3v) is 4.52. The fourth-order valence-electron chi connectivity index (χ4n) is 1.28. The van der Waals surface area contributed by atoms with Crippen molar-refractivity contribution in [1.82, 2.24) is 9.97 Å². The third-order valence-electron chi connectivity index (χ3n) is 2.34.